The maximum absolute atomic E-state index is 14.5. The topological polar surface area (TPSA) is 86.5 Å². The molecule has 0 unspecified atom stereocenters. The predicted octanol–water partition coefficient (Wildman–Crippen LogP) is 4.91. The van der Waals surface area contributed by atoms with E-state index >= 15 is 0 Å². The second kappa shape index (κ2) is 10.7. The first-order chi connectivity index (χ1) is 15.5. The summed E-state index contributed by atoms with van der Waals surface area (Å²) in [6, 6.07) is 11.9. The van der Waals surface area contributed by atoms with Crippen molar-refractivity contribution in [2.45, 2.75) is 52.1 Å². The largest absolute Gasteiger partial charge is 0.497 e. The Labute approximate surface area is 186 Å². The molecule has 7 nitrogen and oxygen atoms in total. The van der Waals surface area contributed by atoms with Crippen molar-refractivity contribution in [1.29, 1.82) is 0 Å². The third kappa shape index (κ3) is 5.63. The van der Waals surface area contributed by atoms with Gasteiger partial charge in [0, 0.05) is 18.4 Å². The first kappa shape index (κ1) is 23.2. The van der Waals surface area contributed by atoms with E-state index in [-0.39, 0.29) is 18.9 Å². The summed E-state index contributed by atoms with van der Waals surface area (Å²) >= 11 is 0. The highest BCUT2D eigenvalue weighted by Crippen LogP contribution is 2.42. The zero-order valence-corrected chi connectivity index (χ0v) is 18.5. The summed E-state index contributed by atoms with van der Waals surface area (Å²) in [4.78, 5) is 10.8. The average molecular weight is 442 g/mol. The molecule has 1 fully saturated rings. The van der Waals surface area contributed by atoms with Crippen LogP contribution in [0.15, 0.2) is 42.5 Å². The lowest BCUT2D eigenvalue weighted by atomic mass is 10.1. The van der Waals surface area contributed by atoms with Gasteiger partial charge in [0.05, 0.1) is 12.8 Å². The van der Waals surface area contributed by atoms with Gasteiger partial charge in [0.1, 0.15) is 35.3 Å². The minimum atomic E-state index is -0.836. The first-order valence-electron chi connectivity index (χ1n) is 10.8. The molecule has 0 amide bonds. The van der Waals surface area contributed by atoms with Gasteiger partial charge in [-0.3, -0.25) is 4.79 Å². The highest BCUT2D eigenvalue weighted by Gasteiger charge is 2.32. The number of ether oxygens (including phenoxy) is 2. The summed E-state index contributed by atoms with van der Waals surface area (Å²) in [6.07, 6.45) is 2.49. The average Bonchev–Trinajstić information content (AvgIpc) is 3.57. The van der Waals surface area contributed by atoms with Gasteiger partial charge in [0.2, 0.25) is 0 Å². The van der Waals surface area contributed by atoms with Crippen LogP contribution in [0.2, 0.25) is 0 Å². The van der Waals surface area contributed by atoms with E-state index in [1.807, 2.05) is 38.1 Å². The first-order valence-corrected chi connectivity index (χ1v) is 10.8. The van der Waals surface area contributed by atoms with Crippen LogP contribution in [-0.4, -0.2) is 33.2 Å². The molecule has 1 aliphatic rings. The fourth-order valence-electron chi connectivity index (χ4n) is 3.34. The van der Waals surface area contributed by atoms with E-state index in [0.29, 0.717) is 29.3 Å². The number of hydrogen-bond acceptors (Lipinski definition) is 5. The lowest BCUT2D eigenvalue weighted by molar-refractivity contribution is -0.136. The van der Waals surface area contributed by atoms with Crippen molar-refractivity contribution in [2.24, 2.45) is 0 Å². The fraction of sp³-hybridized carbons (Fsp3) is 0.375. The zero-order chi connectivity index (χ0) is 23.1. The normalized spacial score (nSPS) is 12.6. The highest BCUT2D eigenvalue weighted by atomic mass is 19.1. The van der Waals surface area contributed by atoms with E-state index in [1.165, 1.54) is 17.9 Å². The Morgan fingerprint density at radius 1 is 1.19 bits per heavy atom. The molecule has 1 heterocycles. The summed E-state index contributed by atoms with van der Waals surface area (Å²) in [5.41, 5.74) is 2.70. The Hall–Kier alpha value is -3.42. The maximum atomic E-state index is 14.5. The van der Waals surface area contributed by atoms with Crippen molar-refractivity contribution >= 4 is 5.97 Å². The van der Waals surface area contributed by atoms with Crippen LogP contribution in [0, 0.1) is 5.82 Å². The molecule has 8 heteroatoms. The van der Waals surface area contributed by atoms with E-state index < -0.39 is 11.8 Å². The van der Waals surface area contributed by atoms with E-state index in [1.54, 1.807) is 12.1 Å². The van der Waals surface area contributed by atoms with Gasteiger partial charge < -0.3 is 14.6 Å². The summed E-state index contributed by atoms with van der Waals surface area (Å²) in [5, 5.41) is 17.3. The van der Waals surface area contributed by atoms with Crippen molar-refractivity contribution in [1.82, 2.24) is 15.0 Å². The summed E-state index contributed by atoms with van der Waals surface area (Å²) < 4.78 is 27.1. The number of aromatic nitrogens is 3. The Morgan fingerprint density at radius 2 is 1.97 bits per heavy atom. The molecule has 1 N–H and O–H groups in total. The lowest BCUT2D eigenvalue weighted by Gasteiger charge is -2.11. The van der Waals surface area contributed by atoms with Gasteiger partial charge in [-0.15, -0.1) is 5.10 Å². The van der Waals surface area contributed by atoms with Gasteiger partial charge >= 0.3 is 5.97 Å². The number of carboxylic acids is 1. The minimum Gasteiger partial charge on any atom is -0.497 e. The van der Waals surface area contributed by atoms with Gasteiger partial charge in [-0.25, -0.2) is 9.07 Å². The number of aryl methyl sites for hydroxylation is 1. The number of aliphatic carboxylic acids is 1. The van der Waals surface area contributed by atoms with Crippen LogP contribution in [-0.2, 0) is 17.8 Å². The molecule has 1 aliphatic carbocycles. The fourth-order valence-corrected chi connectivity index (χ4v) is 3.34. The van der Waals surface area contributed by atoms with Gasteiger partial charge in [0.15, 0.2) is 0 Å². The number of hydrogen-bond donors (Lipinski definition) is 1. The van der Waals surface area contributed by atoms with Crippen LogP contribution in [0.3, 0.4) is 0 Å². The standard InChI is InChI=1S/C22H22FN3O4.C2H6/c1-29-16-8-9-18(23)20(12-16)26-22(15-6-7-15)19(24-25-26)13-30-17-4-2-3-14(11-17)5-10-21(27)28;1-2/h2-4,8-9,11-12,15H,5-7,10,13H2,1H3,(H,27,28);1-2H3. The number of rotatable bonds is 9. The Bertz CT molecular complexity index is 1060. The maximum Gasteiger partial charge on any atom is 0.303 e. The Morgan fingerprint density at radius 3 is 2.66 bits per heavy atom. The van der Waals surface area contributed by atoms with Crippen molar-refractivity contribution in [2.75, 3.05) is 7.11 Å². The second-order valence-corrected chi connectivity index (χ2v) is 7.25. The minimum absolute atomic E-state index is 0.0652. The van der Waals surface area contributed by atoms with E-state index in [4.69, 9.17) is 14.6 Å². The summed E-state index contributed by atoms with van der Waals surface area (Å²) in [7, 11) is 1.53. The molecule has 170 valence electrons. The monoisotopic (exact) mass is 441 g/mol. The van der Waals surface area contributed by atoms with Crippen molar-refractivity contribution in [3.63, 3.8) is 0 Å². The molecule has 2 aromatic carbocycles. The highest BCUT2D eigenvalue weighted by molar-refractivity contribution is 5.67. The van der Waals surface area contributed by atoms with Crippen LogP contribution in [0.25, 0.3) is 5.69 Å². The molecule has 0 spiro atoms. The molecule has 3 aromatic rings. The van der Waals surface area contributed by atoms with Crippen molar-refractivity contribution in [3.05, 3.63) is 65.2 Å². The van der Waals surface area contributed by atoms with Crippen LogP contribution in [0.4, 0.5) is 4.39 Å². The van der Waals surface area contributed by atoms with E-state index in [2.05, 4.69) is 10.3 Å². The van der Waals surface area contributed by atoms with Gasteiger partial charge in [0.25, 0.3) is 0 Å². The Kier molecular flexibility index (Phi) is 7.81. The third-order valence-electron chi connectivity index (χ3n) is 5.03. The molecule has 32 heavy (non-hydrogen) atoms. The number of carbonyl (C=O) groups is 1. The van der Waals surface area contributed by atoms with Crippen molar-refractivity contribution in [3.8, 4) is 17.2 Å². The molecular weight excluding hydrogens is 413 g/mol. The van der Waals surface area contributed by atoms with E-state index in [9.17, 15) is 9.18 Å². The lowest BCUT2D eigenvalue weighted by Crippen LogP contribution is -2.06. The van der Waals surface area contributed by atoms with Gasteiger partial charge in [-0.05, 0) is 49.1 Å². The predicted molar refractivity (Wildman–Crippen MR) is 118 cm³/mol. The molecule has 4 rings (SSSR count). The smallest absolute Gasteiger partial charge is 0.303 e. The van der Waals surface area contributed by atoms with Crippen LogP contribution in [0.1, 0.15) is 56.0 Å². The van der Waals surface area contributed by atoms with Crippen LogP contribution in [0.5, 0.6) is 11.5 Å². The zero-order valence-electron chi connectivity index (χ0n) is 18.5. The van der Waals surface area contributed by atoms with Crippen molar-refractivity contribution < 1.29 is 23.8 Å². The SMILES string of the molecule is CC.COc1ccc(F)c(-n2nnc(COc3cccc(CCC(=O)O)c3)c2C2CC2)c1. The molecule has 0 aliphatic heterocycles. The molecule has 0 atom stereocenters. The van der Waals surface area contributed by atoms with E-state index in [0.717, 1.165) is 24.1 Å². The van der Waals surface area contributed by atoms with Crippen LogP contribution >= 0.6 is 0 Å². The summed E-state index contributed by atoms with van der Waals surface area (Å²) in [6.45, 7) is 4.19. The molecule has 0 radical (unpaired) electrons. The Balaban J connectivity index is 0.00000141. The number of nitrogens with zero attached hydrogens (tertiary/aromatic N) is 3. The third-order valence-corrected chi connectivity index (χ3v) is 5.03. The number of benzene rings is 2. The molecule has 1 aromatic heterocycles. The molecule has 0 bridgehead atoms. The molecule has 0 saturated heterocycles. The summed E-state index contributed by atoms with van der Waals surface area (Å²) in [5.74, 6) is 0.199. The molecule has 1 saturated carbocycles. The number of carboxylic acid groups (broad SMARTS) is 1. The number of halogens is 1. The quantitative estimate of drug-likeness (QED) is 0.508. The second-order valence-electron chi connectivity index (χ2n) is 7.25. The molecular formula is C24H28FN3O4. The van der Waals surface area contributed by atoms with Gasteiger partial charge in [-0.1, -0.05) is 31.2 Å². The van der Waals surface area contributed by atoms with Crippen LogP contribution < -0.4 is 9.47 Å². The number of methoxy groups -OCH3 is 1. The van der Waals surface area contributed by atoms with Gasteiger partial charge in [-0.2, -0.15) is 0 Å².